The van der Waals surface area contributed by atoms with Crippen molar-refractivity contribution >= 4 is 62.3 Å². The van der Waals surface area contributed by atoms with Gasteiger partial charge in [-0.2, -0.15) is 0 Å². The minimum Gasteiger partial charge on any atom is -0.356 e. The third-order valence-corrected chi connectivity index (χ3v) is 13.0. The third kappa shape index (κ3) is 6.71. The lowest BCUT2D eigenvalue weighted by molar-refractivity contribution is 0.707. The Labute approximate surface area is 326 Å². The summed E-state index contributed by atoms with van der Waals surface area (Å²) in [5.41, 5.74) is 10.0. The molecule has 55 heavy (non-hydrogen) atoms. The Bertz CT molecular complexity index is 2710. The highest BCUT2D eigenvalue weighted by atomic mass is 31.1. The summed E-state index contributed by atoms with van der Waals surface area (Å²) in [6.07, 6.45) is 11.5. The summed E-state index contributed by atoms with van der Waals surface area (Å²) in [4.78, 5) is 0. The second-order valence-corrected chi connectivity index (χ2v) is 16.4. The first kappa shape index (κ1) is 34.7. The van der Waals surface area contributed by atoms with Crippen LogP contribution in [0, 0.1) is 5.92 Å². The lowest BCUT2D eigenvalue weighted by Gasteiger charge is -2.29. The zero-order valence-electron chi connectivity index (χ0n) is 31.4. The third-order valence-electron chi connectivity index (χ3n) is 11.0. The summed E-state index contributed by atoms with van der Waals surface area (Å²) in [6, 6.07) is 62.6. The number of allylic oxidation sites excluding steroid dienone is 6. The molecule has 0 amide bonds. The first-order valence-electron chi connectivity index (χ1n) is 19.5. The fourth-order valence-electron chi connectivity index (χ4n) is 8.27. The lowest BCUT2D eigenvalue weighted by Crippen LogP contribution is -2.18. The average molecular weight is 726 g/mol. The molecule has 1 atom stereocenters. The van der Waals surface area contributed by atoms with Gasteiger partial charge in [0.2, 0.25) is 0 Å². The second kappa shape index (κ2) is 15.4. The van der Waals surface area contributed by atoms with Gasteiger partial charge in [-0.1, -0.05) is 190 Å². The number of hydrogen-bond donors (Lipinski definition) is 1. The molecule has 8 aromatic rings. The van der Waals surface area contributed by atoms with E-state index in [0.29, 0.717) is 5.92 Å². The molecule has 0 heterocycles. The summed E-state index contributed by atoms with van der Waals surface area (Å²) in [6.45, 7) is 4.60. The summed E-state index contributed by atoms with van der Waals surface area (Å²) >= 11 is 0. The number of nitrogens with one attached hydrogen (secondary N) is 1. The molecule has 2 heteroatoms. The molecule has 1 N–H and O–H groups in total. The van der Waals surface area contributed by atoms with E-state index in [9.17, 15) is 0 Å². The maximum Gasteiger partial charge on any atom is 0.0543 e. The van der Waals surface area contributed by atoms with Crippen molar-refractivity contribution in [3.8, 4) is 22.3 Å². The maximum atomic E-state index is 4.35. The summed E-state index contributed by atoms with van der Waals surface area (Å²) in [5, 5.41) is 14.4. The Morgan fingerprint density at radius 1 is 0.582 bits per heavy atom. The van der Waals surface area contributed by atoms with Gasteiger partial charge < -0.3 is 5.09 Å². The van der Waals surface area contributed by atoms with Gasteiger partial charge in [-0.05, 0) is 97.1 Å². The molecule has 0 spiro atoms. The number of hydrogen-bond acceptors (Lipinski definition) is 1. The fourth-order valence-corrected chi connectivity index (χ4v) is 10.2. The largest absolute Gasteiger partial charge is 0.356 e. The molecule has 1 aliphatic rings. The van der Waals surface area contributed by atoms with E-state index in [4.69, 9.17) is 0 Å². The van der Waals surface area contributed by atoms with Crippen LogP contribution in [0.4, 0.5) is 5.69 Å². The van der Waals surface area contributed by atoms with Crippen molar-refractivity contribution in [1.29, 1.82) is 0 Å². The summed E-state index contributed by atoms with van der Waals surface area (Å²) in [5.74, 6) is 0.408. The topological polar surface area (TPSA) is 12.0 Å². The molecule has 0 radical (unpaired) electrons. The zero-order chi connectivity index (χ0) is 37.1. The van der Waals surface area contributed by atoms with Crippen LogP contribution in [-0.4, -0.2) is 0 Å². The smallest absolute Gasteiger partial charge is 0.0543 e. The minimum absolute atomic E-state index is 0.408. The summed E-state index contributed by atoms with van der Waals surface area (Å²) in [7, 11) is -0.996. The highest BCUT2D eigenvalue weighted by Crippen LogP contribution is 2.50. The molecule has 9 rings (SSSR count). The fraction of sp³-hybridized carbons (Fsp3) is 0.0943. The van der Waals surface area contributed by atoms with Crippen LogP contribution in [0.3, 0.4) is 0 Å². The monoisotopic (exact) mass is 725 g/mol. The second-order valence-electron chi connectivity index (χ2n) is 14.5. The average Bonchev–Trinajstić information content (AvgIpc) is 3.24. The van der Waals surface area contributed by atoms with Crippen LogP contribution in [-0.2, 0) is 0 Å². The molecule has 0 fully saturated rings. The van der Waals surface area contributed by atoms with E-state index >= 15 is 0 Å². The highest BCUT2D eigenvalue weighted by molar-refractivity contribution is 7.74. The molecular weight excluding hydrogens is 682 g/mol. The first-order valence-corrected chi connectivity index (χ1v) is 20.8. The molecule has 0 saturated carbocycles. The van der Waals surface area contributed by atoms with E-state index in [1.807, 2.05) is 0 Å². The first-order chi connectivity index (χ1) is 27.2. The van der Waals surface area contributed by atoms with E-state index in [0.717, 1.165) is 12.8 Å². The molecule has 1 nitrogen and oxygen atoms in total. The minimum atomic E-state index is -0.996. The zero-order valence-corrected chi connectivity index (χ0v) is 32.3. The van der Waals surface area contributed by atoms with Crippen LogP contribution in [0.25, 0.3) is 60.1 Å². The van der Waals surface area contributed by atoms with Crippen LogP contribution in [0.2, 0.25) is 0 Å². The Hall–Kier alpha value is -6.01. The molecule has 0 bridgehead atoms. The number of benzene rings is 8. The summed E-state index contributed by atoms with van der Waals surface area (Å²) < 4.78 is 0. The Balaban J connectivity index is 1.42. The van der Waals surface area contributed by atoms with Crippen molar-refractivity contribution in [2.45, 2.75) is 26.7 Å². The van der Waals surface area contributed by atoms with Crippen molar-refractivity contribution in [2.24, 2.45) is 5.92 Å². The van der Waals surface area contributed by atoms with E-state index in [1.54, 1.807) is 0 Å². The molecule has 0 saturated heterocycles. The van der Waals surface area contributed by atoms with Gasteiger partial charge in [0.15, 0.2) is 0 Å². The quantitative estimate of drug-likeness (QED) is 0.146. The van der Waals surface area contributed by atoms with Gasteiger partial charge in [0.1, 0.15) is 0 Å². The SMILES string of the molecule is CC/C=C\C1=C(c2cc3ccccc3c(-c3cc(-c4cccc5ccccc45)cc4ccccc34)c2NP(c2ccccc2)c2ccccc2)C=CCC1C. The van der Waals surface area contributed by atoms with Gasteiger partial charge in [0, 0.05) is 21.7 Å². The molecule has 1 unspecified atom stereocenters. The van der Waals surface area contributed by atoms with Crippen molar-refractivity contribution < 1.29 is 0 Å². The van der Waals surface area contributed by atoms with Gasteiger partial charge in [0.05, 0.1) is 13.8 Å². The predicted octanol–water partition coefficient (Wildman–Crippen LogP) is 14.3. The van der Waals surface area contributed by atoms with E-state index < -0.39 is 8.07 Å². The van der Waals surface area contributed by atoms with Crippen LogP contribution in [0.15, 0.2) is 200 Å². The van der Waals surface area contributed by atoms with Crippen molar-refractivity contribution in [3.63, 3.8) is 0 Å². The van der Waals surface area contributed by atoms with Gasteiger partial charge in [-0.3, -0.25) is 0 Å². The normalized spacial score (nSPS) is 14.5. The standard InChI is InChI=1S/C53H44NP/c1-3-4-28-44-37(2)19-17-33-49(44)51-35-40-22-13-16-31-48(40)52(53(51)54-55(42-24-7-5-8-25-42)43-26-9-6-10-27-43)50-36-41(34-39-21-12-15-30-46(39)50)47-32-18-23-38-20-11-14-29-45(38)47/h4-18,20-37,54H,3,19H2,1-2H3/b28-4-. The highest BCUT2D eigenvalue weighted by Gasteiger charge is 2.26. The van der Waals surface area contributed by atoms with Gasteiger partial charge >= 0.3 is 0 Å². The van der Waals surface area contributed by atoms with Crippen LogP contribution < -0.4 is 15.7 Å². The molecule has 0 aromatic heterocycles. The van der Waals surface area contributed by atoms with Crippen LogP contribution >= 0.6 is 8.07 Å². The Kier molecular flexibility index (Phi) is 9.72. The van der Waals surface area contributed by atoms with Crippen molar-refractivity contribution in [3.05, 3.63) is 205 Å². The Morgan fingerprint density at radius 2 is 1.16 bits per heavy atom. The molecular formula is C53H44NP. The molecule has 266 valence electrons. The maximum absolute atomic E-state index is 4.35. The molecule has 1 aliphatic carbocycles. The van der Waals surface area contributed by atoms with Crippen molar-refractivity contribution in [2.75, 3.05) is 5.09 Å². The predicted molar refractivity (Wildman–Crippen MR) is 242 cm³/mol. The van der Waals surface area contributed by atoms with Gasteiger partial charge in [0.25, 0.3) is 0 Å². The number of rotatable bonds is 9. The van der Waals surface area contributed by atoms with Crippen LogP contribution in [0.1, 0.15) is 32.3 Å². The van der Waals surface area contributed by atoms with Crippen molar-refractivity contribution in [1.82, 2.24) is 0 Å². The number of fused-ring (bicyclic) bond motifs is 3. The van der Waals surface area contributed by atoms with Crippen LogP contribution in [0.5, 0.6) is 0 Å². The van der Waals surface area contributed by atoms with E-state index in [2.05, 4.69) is 213 Å². The molecule has 0 aliphatic heterocycles. The van der Waals surface area contributed by atoms with Gasteiger partial charge in [-0.25, -0.2) is 0 Å². The Morgan fingerprint density at radius 3 is 1.85 bits per heavy atom. The molecule has 8 aromatic carbocycles. The van der Waals surface area contributed by atoms with E-state index in [-0.39, 0.29) is 0 Å². The van der Waals surface area contributed by atoms with Gasteiger partial charge in [-0.15, -0.1) is 0 Å². The number of anilines is 1. The van der Waals surface area contributed by atoms with E-state index in [1.165, 1.54) is 87.6 Å². The lowest BCUT2D eigenvalue weighted by atomic mass is 9.81.